The van der Waals surface area contributed by atoms with E-state index in [1.165, 1.54) is 21.1 Å². The van der Waals surface area contributed by atoms with E-state index in [0.29, 0.717) is 25.7 Å². The van der Waals surface area contributed by atoms with Gasteiger partial charge in [-0.2, -0.15) is 0 Å². The van der Waals surface area contributed by atoms with Crippen LogP contribution in [0.2, 0.25) is 0 Å². The zero-order valence-corrected chi connectivity index (χ0v) is 20.0. The van der Waals surface area contributed by atoms with Crippen molar-refractivity contribution in [2.24, 2.45) is 28.6 Å². The van der Waals surface area contributed by atoms with Crippen LogP contribution in [0.4, 0.5) is 0 Å². The Hall–Kier alpha value is -1.75. The zero-order chi connectivity index (χ0) is 24.3. The van der Waals surface area contributed by atoms with Gasteiger partial charge < -0.3 is 33.5 Å². The molecule has 2 heterocycles. The second-order valence-electron chi connectivity index (χ2n) is 11.3. The molecule has 10 atom stereocenters. The largest absolute Gasteiger partial charge is 0.469 e. The summed E-state index contributed by atoms with van der Waals surface area (Å²) in [5, 5.41) is 11.8. The highest BCUT2D eigenvalue weighted by molar-refractivity contribution is 5.86. The van der Waals surface area contributed by atoms with Crippen molar-refractivity contribution < 1.29 is 47.9 Å². The van der Waals surface area contributed by atoms with Crippen LogP contribution in [0.25, 0.3) is 0 Å². The molecule has 0 unspecified atom stereocenters. The van der Waals surface area contributed by atoms with Gasteiger partial charge in [0.25, 0.3) is 0 Å². The minimum absolute atomic E-state index is 0.0114. The summed E-state index contributed by atoms with van der Waals surface area (Å²) in [6.45, 7) is 3.38. The van der Waals surface area contributed by atoms with Crippen LogP contribution in [0.5, 0.6) is 0 Å². The van der Waals surface area contributed by atoms with E-state index in [-0.39, 0.29) is 31.7 Å². The van der Waals surface area contributed by atoms with Gasteiger partial charge in [-0.1, -0.05) is 0 Å². The molecular weight excluding hydrogens is 448 g/mol. The second-order valence-corrected chi connectivity index (χ2v) is 11.3. The average Bonchev–Trinajstić information content (AvgIpc) is 3.51. The summed E-state index contributed by atoms with van der Waals surface area (Å²) in [5.74, 6) is -3.08. The van der Waals surface area contributed by atoms with Crippen molar-refractivity contribution in [3.05, 3.63) is 0 Å². The number of ether oxygens (including phenoxy) is 6. The first kappa shape index (κ1) is 22.7. The van der Waals surface area contributed by atoms with Crippen molar-refractivity contribution in [2.45, 2.75) is 75.0 Å². The summed E-state index contributed by atoms with van der Waals surface area (Å²) in [5.41, 5.74) is -5.33. The number of hydrogen-bond donors (Lipinski definition) is 1. The lowest BCUT2D eigenvalue weighted by Crippen LogP contribution is -2.55. The van der Waals surface area contributed by atoms with Crippen LogP contribution >= 0.6 is 0 Å². The van der Waals surface area contributed by atoms with Crippen molar-refractivity contribution in [3.8, 4) is 0 Å². The number of rotatable bonds is 5. The van der Waals surface area contributed by atoms with Gasteiger partial charge in [-0.3, -0.25) is 14.4 Å². The summed E-state index contributed by atoms with van der Waals surface area (Å²) >= 11 is 0. The molecule has 10 nitrogen and oxygen atoms in total. The smallest absolute Gasteiger partial charge is 0.315 e. The maximum absolute atomic E-state index is 13.6. The van der Waals surface area contributed by atoms with Crippen LogP contribution in [-0.2, 0) is 42.8 Å². The van der Waals surface area contributed by atoms with E-state index in [0.717, 1.165) is 0 Å². The Labute approximate surface area is 197 Å². The number of epoxide rings is 1. The summed E-state index contributed by atoms with van der Waals surface area (Å²) in [7, 11) is 2.84. The Kier molecular flexibility index (Phi) is 4.48. The minimum Gasteiger partial charge on any atom is -0.469 e. The summed E-state index contributed by atoms with van der Waals surface area (Å²) in [4.78, 5) is 39.4. The van der Waals surface area contributed by atoms with Gasteiger partial charge in [-0.05, 0) is 39.0 Å². The number of aliphatic hydroxyl groups is 1. The van der Waals surface area contributed by atoms with E-state index in [9.17, 15) is 19.5 Å². The van der Waals surface area contributed by atoms with Gasteiger partial charge in [0.05, 0.1) is 31.2 Å². The molecule has 0 aromatic heterocycles. The normalized spacial score (nSPS) is 53.8. The third kappa shape index (κ3) is 2.25. The fraction of sp³-hybridized carbons (Fsp3) is 0.875. The zero-order valence-electron chi connectivity index (χ0n) is 20.0. The molecule has 2 spiro atoms. The van der Waals surface area contributed by atoms with E-state index >= 15 is 0 Å². The topological polar surface area (TPSA) is 130 Å². The van der Waals surface area contributed by atoms with Crippen LogP contribution in [0.3, 0.4) is 0 Å². The van der Waals surface area contributed by atoms with E-state index in [1.807, 2.05) is 0 Å². The lowest BCUT2D eigenvalue weighted by atomic mass is 9.58. The van der Waals surface area contributed by atoms with Gasteiger partial charge in [0.2, 0.25) is 0 Å². The van der Waals surface area contributed by atoms with Crippen molar-refractivity contribution in [1.29, 1.82) is 0 Å². The molecule has 4 aliphatic carbocycles. The minimum atomic E-state index is -1.24. The summed E-state index contributed by atoms with van der Waals surface area (Å²) in [6.07, 6.45) is 0.869. The Morgan fingerprint density at radius 3 is 2.56 bits per heavy atom. The van der Waals surface area contributed by atoms with Gasteiger partial charge in [0.15, 0.2) is 5.60 Å². The Morgan fingerprint density at radius 2 is 1.94 bits per heavy atom. The quantitative estimate of drug-likeness (QED) is 0.260. The van der Waals surface area contributed by atoms with E-state index in [4.69, 9.17) is 28.4 Å². The van der Waals surface area contributed by atoms with Gasteiger partial charge in [-0.15, -0.1) is 0 Å². The second kappa shape index (κ2) is 6.72. The predicted molar refractivity (Wildman–Crippen MR) is 111 cm³/mol. The van der Waals surface area contributed by atoms with Crippen LogP contribution in [0, 0.1) is 28.6 Å². The van der Waals surface area contributed by atoms with Crippen molar-refractivity contribution in [3.63, 3.8) is 0 Å². The molecule has 2 saturated heterocycles. The molecule has 4 bridgehead atoms. The summed E-state index contributed by atoms with van der Waals surface area (Å²) in [6, 6.07) is 0. The van der Waals surface area contributed by atoms with E-state index in [2.05, 4.69) is 0 Å². The highest BCUT2D eigenvalue weighted by atomic mass is 16.7. The average molecular weight is 481 g/mol. The third-order valence-electron chi connectivity index (χ3n) is 10.2. The number of carbonyl (C=O) groups excluding carboxylic acids is 3. The van der Waals surface area contributed by atoms with Gasteiger partial charge in [0, 0.05) is 31.3 Å². The first-order chi connectivity index (χ1) is 16.1. The molecule has 10 heteroatoms. The highest BCUT2D eigenvalue weighted by Gasteiger charge is 2.92. The third-order valence-corrected chi connectivity index (χ3v) is 10.2. The number of methoxy groups -OCH3 is 2. The maximum atomic E-state index is 13.6. The molecule has 4 saturated carbocycles. The van der Waals surface area contributed by atoms with E-state index in [1.54, 1.807) is 6.92 Å². The van der Waals surface area contributed by atoms with Crippen LogP contribution in [-0.4, -0.2) is 79.6 Å². The molecule has 0 radical (unpaired) electrons. The number of fused-ring (bicyclic) bond motifs is 2. The van der Waals surface area contributed by atoms with Crippen molar-refractivity contribution in [1.82, 2.24) is 0 Å². The molecule has 188 valence electrons. The number of carbonyl (C=O) groups is 3. The molecule has 0 aromatic carbocycles. The molecule has 0 aromatic rings. The predicted octanol–water partition coefficient (Wildman–Crippen LogP) is 0.722. The molecule has 6 rings (SSSR count). The Morgan fingerprint density at radius 1 is 1.21 bits per heavy atom. The maximum Gasteiger partial charge on any atom is 0.315 e. The van der Waals surface area contributed by atoms with Crippen molar-refractivity contribution in [2.75, 3.05) is 27.6 Å². The monoisotopic (exact) mass is 480 g/mol. The fourth-order valence-corrected chi connectivity index (χ4v) is 9.21. The lowest BCUT2D eigenvalue weighted by molar-refractivity contribution is -0.182. The Balaban J connectivity index is 1.56. The summed E-state index contributed by atoms with van der Waals surface area (Å²) < 4.78 is 34.5. The van der Waals surface area contributed by atoms with Crippen LogP contribution < -0.4 is 0 Å². The fourth-order valence-electron chi connectivity index (χ4n) is 9.21. The van der Waals surface area contributed by atoms with Gasteiger partial charge >= 0.3 is 17.9 Å². The molecule has 0 amide bonds. The molecule has 2 aliphatic heterocycles. The molecule has 1 N–H and O–H groups in total. The molecule has 34 heavy (non-hydrogen) atoms. The molecule has 6 aliphatic rings. The van der Waals surface area contributed by atoms with Crippen LogP contribution in [0.15, 0.2) is 0 Å². The van der Waals surface area contributed by atoms with E-state index < -0.39 is 63.6 Å². The first-order valence-electron chi connectivity index (χ1n) is 12.0. The van der Waals surface area contributed by atoms with Gasteiger partial charge in [0.1, 0.15) is 24.1 Å². The Bertz CT molecular complexity index is 961. The number of hydrogen-bond acceptors (Lipinski definition) is 10. The lowest BCUT2D eigenvalue weighted by Gasteiger charge is -2.46. The molecular formula is C24H32O10. The van der Waals surface area contributed by atoms with Gasteiger partial charge in [-0.25, -0.2) is 0 Å². The first-order valence-corrected chi connectivity index (χ1v) is 12.0. The highest BCUT2D eigenvalue weighted by Crippen LogP contribution is 2.81. The standard InChI is InChI=1S/C24H32O10/c1-12(25)33-18-22-9-21(28,24(18)10-32-24)7-5-13(22)23-8-6-14(31-11-29-3)20(2,19(27)34-23)16(23)15(22)17(26)30-4/h13-16,18,28H,5-11H2,1-4H3/t13-,14+,15-,16-,18+,20-,21-,22+,23-,24+/m1/s1. The SMILES string of the molecule is COCO[C@H]1CC[C@]23OC(=O)[C@@]1(C)[C@H]2[C@H](C(=O)OC)[C@]12C[C@](O)(CC[C@@H]31)[C@]1(CO1)[C@H]2OC(C)=O. The molecule has 6 fully saturated rings. The number of esters is 3. The van der Waals surface area contributed by atoms with Crippen molar-refractivity contribution >= 4 is 17.9 Å². The van der Waals surface area contributed by atoms with Crippen LogP contribution in [0.1, 0.15) is 46.0 Å².